The maximum Gasteiger partial charge on any atom is 0.240 e. The Morgan fingerprint density at radius 1 is 1.16 bits per heavy atom. The second kappa shape index (κ2) is 9.55. The third-order valence-corrected chi connectivity index (χ3v) is 5.81. The standard InChI is InChI=1S/C22H27N7O2/c1-16-24-10-11-28(16)13-21(30)27-19-8-6-17(7-9-19)22(31)25-12-18-4-2-3-5-20(18)29-15-23-14-26-29/h2-5,10-11,14-15,17,19H,6-9,12-13H2,1H3,(H,25,31)(H,27,30). The molecule has 0 atom stereocenters. The van der Waals surface area contributed by atoms with Gasteiger partial charge in [-0.1, -0.05) is 18.2 Å². The molecule has 31 heavy (non-hydrogen) atoms. The zero-order chi connectivity index (χ0) is 21.6. The number of aromatic nitrogens is 5. The van der Waals surface area contributed by atoms with E-state index < -0.39 is 0 Å². The molecule has 0 radical (unpaired) electrons. The lowest BCUT2D eigenvalue weighted by Crippen LogP contribution is -2.42. The number of rotatable bonds is 7. The lowest BCUT2D eigenvalue weighted by Gasteiger charge is -2.28. The Hall–Kier alpha value is -3.49. The number of amides is 2. The van der Waals surface area contributed by atoms with Crippen molar-refractivity contribution in [2.75, 3.05) is 0 Å². The van der Waals surface area contributed by atoms with Crippen molar-refractivity contribution in [1.29, 1.82) is 0 Å². The van der Waals surface area contributed by atoms with E-state index >= 15 is 0 Å². The zero-order valence-electron chi connectivity index (χ0n) is 17.6. The van der Waals surface area contributed by atoms with Gasteiger partial charge in [0.15, 0.2) is 0 Å². The van der Waals surface area contributed by atoms with Crippen LogP contribution in [0.4, 0.5) is 0 Å². The molecule has 0 saturated heterocycles. The van der Waals surface area contributed by atoms with Gasteiger partial charge in [0, 0.05) is 30.9 Å². The lowest BCUT2D eigenvalue weighted by molar-refractivity contribution is -0.126. The fourth-order valence-corrected chi connectivity index (χ4v) is 4.04. The molecule has 2 amide bonds. The van der Waals surface area contributed by atoms with Crippen LogP contribution in [0.1, 0.15) is 37.1 Å². The van der Waals surface area contributed by atoms with Crippen molar-refractivity contribution >= 4 is 11.8 Å². The van der Waals surface area contributed by atoms with E-state index in [2.05, 4.69) is 25.7 Å². The molecule has 1 aliphatic rings. The number of aryl methyl sites for hydroxylation is 1. The van der Waals surface area contributed by atoms with Crippen LogP contribution in [0.5, 0.6) is 0 Å². The molecule has 1 fully saturated rings. The molecule has 1 saturated carbocycles. The van der Waals surface area contributed by atoms with Crippen LogP contribution in [0.3, 0.4) is 0 Å². The number of carbonyl (C=O) groups is 2. The highest BCUT2D eigenvalue weighted by Gasteiger charge is 2.27. The molecule has 2 aromatic heterocycles. The molecule has 2 heterocycles. The lowest BCUT2D eigenvalue weighted by atomic mass is 9.85. The van der Waals surface area contributed by atoms with E-state index in [0.717, 1.165) is 42.8 Å². The first kappa shape index (κ1) is 20.8. The van der Waals surface area contributed by atoms with Crippen molar-refractivity contribution in [3.05, 3.63) is 60.7 Å². The Kier molecular flexibility index (Phi) is 6.40. The summed E-state index contributed by atoms with van der Waals surface area (Å²) in [7, 11) is 0. The van der Waals surface area contributed by atoms with Gasteiger partial charge in [-0.3, -0.25) is 9.59 Å². The third-order valence-electron chi connectivity index (χ3n) is 5.81. The molecule has 0 spiro atoms. The highest BCUT2D eigenvalue weighted by atomic mass is 16.2. The summed E-state index contributed by atoms with van der Waals surface area (Å²) in [4.78, 5) is 33.1. The van der Waals surface area contributed by atoms with Gasteiger partial charge in [0.2, 0.25) is 11.8 Å². The molecule has 2 N–H and O–H groups in total. The molecule has 0 unspecified atom stereocenters. The Morgan fingerprint density at radius 2 is 1.97 bits per heavy atom. The summed E-state index contributed by atoms with van der Waals surface area (Å²) in [6.45, 7) is 2.59. The molecule has 1 aliphatic carbocycles. The Labute approximate surface area is 180 Å². The molecular weight excluding hydrogens is 394 g/mol. The minimum atomic E-state index is -0.0254. The van der Waals surface area contributed by atoms with Crippen molar-refractivity contribution in [1.82, 2.24) is 34.9 Å². The number of nitrogens with one attached hydrogen (secondary N) is 2. The molecule has 9 nitrogen and oxygen atoms in total. The van der Waals surface area contributed by atoms with Crippen LogP contribution in [0, 0.1) is 12.8 Å². The van der Waals surface area contributed by atoms with E-state index in [4.69, 9.17) is 0 Å². The van der Waals surface area contributed by atoms with E-state index in [0.29, 0.717) is 6.54 Å². The largest absolute Gasteiger partial charge is 0.352 e. The van der Waals surface area contributed by atoms with Crippen LogP contribution >= 0.6 is 0 Å². The normalized spacial score (nSPS) is 18.5. The number of para-hydroxylation sites is 1. The second-order valence-electron chi connectivity index (χ2n) is 7.90. The predicted octanol–water partition coefficient (Wildman–Crippen LogP) is 1.76. The summed E-state index contributed by atoms with van der Waals surface area (Å²) in [6.07, 6.45) is 9.78. The van der Waals surface area contributed by atoms with Gasteiger partial charge in [-0.2, -0.15) is 5.10 Å². The van der Waals surface area contributed by atoms with Crippen molar-refractivity contribution in [2.45, 2.75) is 51.7 Å². The Morgan fingerprint density at radius 3 is 2.68 bits per heavy atom. The summed E-state index contributed by atoms with van der Waals surface area (Å²) in [5, 5.41) is 10.3. The summed E-state index contributed by atoms with van der Waals surface area (Å²) in [6, 6.07) is 7.93. The van der Waals surface area contributed by atoms with Crippen LogP contribution < -0.4 is 10.6 Å². The Balaban J connectivity index is 1.24. The Bertz CT molecular complexity index is 1020. The number of hydrogen-bond donors (Lipinski definition) is 2. The van der Waals surface area contributed by atoms with Crippen molar-refractivity contribution < 1.29 is 9.59 Å². The minimum absolute atomic E-state index is 0.0151. The van der Waals surface area contributed by atoms with E-state index in [1.807, 2.05) is 35.8 Å². The van der Waals surface area contributed by atoms with Gasteiger partial charge in [-0.05, 0) is 44.2 Å². The topological polar surface area (TPSA) is 107 Å². The molecule has 0 aliphatic heterocycles. The predicted molar refractivity (Wildman–Crippen MR) is 114 cm³/mol. The maximum absolute atomic E-state index is 12.7. The smallest absolute Gasteiger partial charge is 0.240 e. The average molecular weight is 422 g/mol. The zero-order valence-corrected chi connectivity index (χ0v) is 17.6. The van der Waals surface area contributed by atoms with E-state index in [1.54, 1.807) is 23.4 Å². The quantitative estimate of drug-likeness (QED) is 0.605. The van der Waals surface area contributed by atoms with Gasteiger partial charge in [0.1, 0.15) is 25.0 Å². The van der Waals surface area contributed by atoms with Crippen molar-refractivity contribution in [3.63, 3.8) is 0 Å². The van der Waals surface area contributed by atoms with Gasteiger partial charge in [-0.15, -0.1) is 0 Å². The number of nitrogens with zero attached hydrogens (tertiary/aromatic N) is 5. The first-order valence-electron chi connectivity index (χ1n) is 10.6. The van der Waals surface area contributed by atoms with E-state index in [1.165, 1.54) is 6.33 Å². The molecule has 162 valence electrons. The number of hydrogen-bond acceptors (Lipinski definition) is 5. The molecular formula is C22H27N7O2. The van der Waals surface area contributed by atoms with Crippen LogP contribution in [0.2, 0.25) is 0 Å². The summed E-state index contributed by atoms with van der Waals surface area (Å²) >= 11 is 0. The monoisotopic (exact) mass is 421 g/mol. The summed E-state index contributed by atoms with van der Waals surface area (Å²) in [5.41, 5.74) is 1.89. The van der Waals surface area contributed by atoms with E-state index in [-0.39, 0.29) is 30.3 Å². The van der Waals surface area contributed by atoms with Crippen LogP contribution in [-0.2, 0) is 22.7 Å². The van der Waals surface area contributed by atoms with Crippen molar-refractivity contribution in [2.24, 2.45) is 5.92 Å². The first-order chi connectivity index (χ1) is 15.1. The highest BCUT2D eigenvalue weighted by Crippen LogP contribution is 2.25. The van der Waals surface area contributed by atoms with Gasteiger partial charge in [0.05, 0.1) is 5.69 Å². The second-order valence-corrected chi connectivity index (χ2v) is 7.90. The SMILES string of the molecule is Cc1nccn1CC(=O)NC1CCC(C(=O)NCc2ccccc2-n2cncn2)CC1. The summed E-state index contributed by atoms with van der Waals surface area (Å²) < 4.78 is 3.52. The molecule has 4 rings (SSSR count). The first-order valence-corrected chi connectivity index (χ1v) is 10.6. The fourth-order valence-electron chi connectivity index (χ4n) is 4.04. The van der Waals surface area contributed by atoms with Crippen molar-refractivity contribution in [3.8, 4) is 5.69 Å². The highest BCUT2D eigenvalue weighted by molar-refractivity contribution is 5.79. The molecule has 9 heteroatoms. The number of carbonyl (C=O) groups excluding carboxylic acids is 2. The van der Waals surface area contributed by atoms with Crippen LogP contribution in [0.25, 0.3) is 5.69 Å². The molecule has 1 aromatic carbocycles. The fraction of sp³-hybridized carbons (Fsp3) is 0.409. The van der Waals surface area contributed by atoms with Gasteiger partial charge in [-0.25, -0.2) is 14.6 Å². The number of benzene rings is 1. The average Bonchev–Trinajstić information content (AvgIpc) is 3.45. The summed E-state index contributed by atoms with van der Waals surface area (Å²) in [5.74, 6) is 0.842. The van der Waals surface area contributed by atoms with Gasteiger partial charge < -0.3 is 15.2 Å². The van der Waals surface area contributed by atoms with E-state index in [9.17, 15) is 9.59 Å². The minimum Gasteiger partial charge on any atom is -0.352 e. The number of imidazole rings is 1. The molecule has 0 bridgehead atoms. The maximum atomic E-state index is 12.7. The third kappa shape index (κ3) is 5.17. The molecule has 3 aromatic rings. The van der Waals surface area contributed by atoms with Crippen LogP contribution in [-0.4, -0.2) is 42.2 Å². The van der Waals surface area contributed by atoms with Crippen LogP contribution in [0.15, 0.2) is 49.3 Å². The van der Waals surface area contributed by atoms with Gasteiger partial charge in [0.25, 0.3) is 0 Å². The van der Waals surface area contributed by atoms with Gasteiger partial charge >= 0.3 is 0 Å².